The zero-order chi connectivity index (χ0) is 12.7. The van der Waals surface area contributed by atoms with Crippen molar-refractivity contribution in [1.29, 1.82) is 0 Å². The van der Waals surface area contributed by atoms with Gasteiger partial charge in [0.05, 0.1) is 19.3 Å². The second-order valence-electron chi connectivity index (χ2n) is 4.16. The van der Waals surface area contributed by atoms with Crippen LogP contribution in [0.4, 0.5) is 0 Å². The van der Waals surface area contributed by atoms with Crippen molar-refractivity contribution in [1.82, 2.24) is 0 Å². The number of hydrogen-bond acceptors (Lipinski definition) is 5. The summed E-state index contributed by atoms with van der Waals surface area (Å²) in [6.45, 7) is 5.44. The molecule has 1 heterocycles. The third kappa shape index (κ3) is 6.49. The van der Waals surface area contributed by atoms with Gasteiger partial charge < -0.3 is 23.1 Å². The molecule has 0 spiro atoms. The third-order valence-electron chi connectivity index (χ3n) is 2.74. The minimum Gasteiger partial charge on any atom is -0.400 e. The fourth-order valence-electron chi connectivity index (χ4n) is 1.54. The number of epoxide rings is 1. The van der Waals surface area contributed by atoms with Crippen LogP contribution in [-0.4, -0.2) is 55.2 Å². The minimum absolute atomic E-state index is 0.140. The van der Waals surface area contributed by atoms with Crippen LogP contribution in [0.3, 0.4) is 0 Å². The Labute approximate surface area is 105 Å². The van der Waals surface area contributed by atoms with Crippen LogP contribution < -0.4 is 0 Å². The summed E-state index contributed by atoms with van der Waals surface area (Å²) in [4.78, 5) is 0. The third-order valence-corrected chi connectivity index (χ3v) is 4.70. The standard InChI is InChI=1S/C11H24O5Si/c1-5-10(8-17(12-3)13-4)16-9(2)14-6-11-7-15-11/h9-11,17H,5-8H2,1-4H3. The molecule has 0 aromatic carbocycles. The van der Waals surface area contributed by atoms with Gasteiger partial charge in [-0.2, -0.15) is 0 Å². The molecular weight excluding hydrogens is 240 g/mol. The van der Waals surface area contributed by atoms with Crippen LogP contribution >= 0.6 is 0 Å². The molecule has 0 bridgehead atoms. The highest BCUT2D eigenvalue weighted by Crippen LogP contribution is 2.14. The highest BCUT2D eigenvalue weighted by Gasteiger charge is 2.25. The summed E-state index contributed by atoms with van der Waals surface area (Å²) >= 11 is 0. The lowest BCUT2D eigenvalue weighted by Gasteiger charge is -2.23. The van der Waals surface area contributed by atoms with Crippen molar-refractivity contribution in [3.63, 3.8) is 0 Å². The van der Waals surface area contributed by atoms with Crippen LogP contribution in [0.15, 0.2) is 0 Å². The second-order valence-corrected chi connectivity index (χ2v) is 6.43. The summed E-state index contributed by atoms with van der Waals surface area (Å²) < 4.78 is 27.0. The molecule has 6 heteroatoms. The minimum atomic E-state index is -1.56. The van der Waals surface area contributed by atoms with Crippen molar-refractivity contribution in [2.45, 2.75) is 44.8 Å². The molecule has 0 aromatic rings. The van der Waals surface area contributed by atoms with Crippen molar-refractivity contribution >= 4 is 9.28 Å². The van der Waals surface area contributed by atoms with Gasteiger partial charge in [0.25, 0.3) is 0 Å². The van der Waals surface area contributed by atoms with Crippen LogP contribution in [0.1, 0.15) is 20.3 Å². The topological polar surface area (TPSA) is 49.5 Å². The van der Waals surface area contributed by atoms with Crippen LogP contribution in [0.2, 0.25) is 6.04 Å². The molecule has 3 atom stereocenters. The van der Waals surface area contributed by atoms with Crippen molar-refractivity contribution < 1.29 is 23.1 Å². The van der Waals surface area contributed by atoms with E-state index in [0.29, 0.717) is 6.61 Å². The van der Waals surface area contributed by atoms with Crippen LogP contribution in [0.5, 0.6) is 0 Å². The normalized spacial score (nSPS) is 22.8. The van der Waals surface area contributed by atoms with Gasteiger partial charge in [-0.1, -0.05) is 6.92 Å². The highest BCUT2D eigenvalue weighted by molar-refractivity contribution is 6.44. The van der Waals surface area contributed by atoms with E-state index in [-0.39, 0.29) is 18.5 Å². The summed E-state index contributed by atoms with van der Waals surface area (Å²) in [5.41, 5.74) is 0. The monoisotopic (exact) mass is 264 g/mol. The first kappa shape index (κ1) is 15.1. The van der Waals surface area contributed by atoms with Gasteiger partial charge >= 0.3 is 9.28 Å². The van der Waals surface area contributed by atoms with Gasteiger partial charge in [-0.05, 0) is 13.3 Å². The Balaban J connectivity index is 2.18. The Morgan fingerprint density at radius 3 is 2.47 bits per heavy atom. The van der Waals surface area contributed by atoms with Gasteiger partial charge in [0.2, 0.25) is 0 Å². The summed E-state index contributed by atoms with van der Waals surface area (Å²) in [5, 5.41) is 0. The average molecular weight is 264 g/mol. The molecule has 0 radical (unpaired) electrons. The van der Waals surface area contributed by atoms with E-state index in [1.54, 1.807) is 14.2 Å². The maximum absolute atomic E-state index is 5.81. The first-order valence-corrected chi connectivity index (χ1v) is 7.89. The van der Waals surface area contributed by atoms with Gasteiger partial charge in [0.15, 0.2) is 6.29 Å². The van der Waals surface area contributed by atoms with E-state index in [1.807, 2.05) is 6.92 Å². The molecule has 0 saturated carbocycles. The second kappa shape index (κ2) is 8.18. The van der Waals surface area contributed by atoms with E-state index in [9.17, 15) is 0 Å². The van der Waals surface area contributed by atoms with E-state index in [4.69, 9.17) is 23.1 Å². The van der Waals surface area contributed by atoms with E-state index < -0.39 is 9.28 Å². The summed E-state index contributed by atoms with van der Waals surface area (Å²) in [5.74, 6) is 0. The molecule has 0 aromatic heterocycles. The molecule has 3 unspecified atom stereocenters. The van der Waals surface area contributed by atoms with Crippen molar-refractivity contribution in [2.75, 3.05) is 27.4 Å². The van der Waals surface area contributed by atoms with Crippen LogP contribution in [0.25, 0.3) is 0 Å². The van der Waals surface area contributed by atoms with Gasteiger partial charge in [0, 0.05) is 20.3 Å². The summed E-state index contributed by atoms with van der Waals surface area (Å²) in [6, 6.07) is 0.844. The van der Waals surface area contributed by atoms with Crippen molar-refractivity contribution in [2.24, 2.45) is 0 Å². The molecule has 0 aliphatic carbocycles. The SMILES string of the molecule is CCC(C[SiH](OC)OC)OC(C)OCC1CO1. The first-order valence-electron chi connectivity index (χ1n) is 6.13. The number of rotatable bonds is 10. The molecule has 1 aliphatic heterocycles. The lowest BCUT2D eigenvalue weighted by Crippen LogP contribution is -2.30. The fraction of sp³-hybridized carbons (Fsp3) is 1.00. The Hall–Kier alpha value is 0.0169. The maximum Gasteiger partial charge on any atom is 0.323 e. The molecule has 1 aliphatic rings. The maximum atomic E-state index is 5.81. The Morgan fingerprint density at radius 1 is 1.35 bits per heavy atom. The van der Waals surface area contributed by atoms with E-state index in [2.05, 4.69) is 6.92 Å². The zero-order valence-electron chi connectivity index (χ0n) is 11.2. The first-order chi connectivity index (χ1) is 8.19. The zero-order valence-corrected chi connectivity index (χ0v) is 12.3. The molecule has 102 valence electrons. The van der Waals surface area contributed by atoms with E-state index in [0.717, 1.165) is 19.1 Å². The molecule has 1 rings (SSSR count). The molecule has 1 fully saturated rings. The quantitative estimate of drug-likeness (QED) is 0.335. The molecule has 17 heavy (non-hydrogen) atoms. The number of ether oxygens (including phenoxy) is 3. The Kier molecular flexibility index (Phi) is 7.25. The summed E-state index contributed by atoms with van der Waals surface area (Å²) in [6.07, 6.45) is 1.15. The average Bonchev–Trinajstić information content (AvgIpc) is 3.15. The summed E-state index contributed by atoms with van der Waals surface area (Å²) in [7, 11) is 1.82. The fourth-order valence-corrected chi connectivity index (χ4v) is 2.99. The molecule has 0 amide bonds. The van der Waals surface area contributed by atoms with Crippen LogP contribution in [-0.2, 0) is 23.1 Å². The van der Waals surface area contributed by atoms with Gasteiger partial charge in [0.1, 0.15) is 6.10 Å². The predicted molar refractivity (Wildman–Crippen MR) is 66.3 cm³/mol. The molecule has 1 saturated heterocycles. The molecular formula is C11H24O5Si. The highest BCUT2D eigenvalue weighted by atomic mass is 28.3. The smallest absolute Gasteiger partial charge is 0.323 e. The van der Waals surface area contributed by atoms with Gasteiger partial charge in [-0.3, -0.25) is 0 Å². The Morgan fingerprint density at radius 2 is 2.00 bits per heavy atom. The van der Waals surface area contributed by atoms with Gasteiger partial charge in [-0.15, -0.1) is 0 Å². The lowest BCUT2D eigenvalue weighted by molar-refractivity contribution is -0.158. The van der Waals surface area contributed by atoms with Crippen molar-refractivity contribution in [3.05, 3.63) is 0 Å². The molecule has 5 nitrogen and oxygen atoms in total. The van der Waals surface area contributed by atoms with E-state index >= 15 is 0 Å². The largest absolute Gasteiger partial charge is 0.400 e. The van der Waals surface area contributed by atoms with Gasteiger partial charge in [-0.25, -0.2) is 0 Å². The molecule has 0 N–H and O–H groups in total. The van der Waals surface area contributed by atoms with Crippen LogP contribution in [0, 0.1) is 0 Å². The number of hydrogen-bond donors (Lipinski definition) is 0. The van der Waals surface area contributed by atoms with Crippen molar-refractivity contribution in [3.8, 4) is 0 Å². The lowest BCUT2D eigenvalue weighted by atomic mass is 10.3. The predicted octanol–water partition coefficient (Wildman–Crippen LogP) is 1.06. The van der Waals surface area contributed by atoms with E-state index in [1.165, 1.54) is 0 Å². The Bertz CT molecular complexity index is 196.